The van der Waals surface area contributed by atoms with Gasteiger partial charge in [-0.05, 0) is 26.0 Å². The van der Waals surface area contributed by atoms with Crippen molar-refractivity contribution in [2.45, 2.75) is 27.7 Å². The number of nitrogens with zero attached hydrogens (tertiary/aromatic N) is 1. The Morgan fingerprint density at radius 2 is 1.73 bits per heavy atom. The molecule has 0 atom stereocenters. The Balaban J connectivity index is 0.000000461. The van der Waals surface area contributed by atoms with E-state index in [1.807, 2.05) is 39.8 Å². The summed E-state index contributed by atoms with van der Waals surface area (Å²) in [5.41, 5.74) is 8.22. The van der Waals surface area contributed by atoms with Gasteiger partial charge in [-0.1, -0.05) is 13.8 Å². The predicted octanol–water partition coefficient (Wildman–Crippen LogP) is 2.31. The van der Waals surface area contributed by atoms with Crippen molar-refractivity contribution in [1.29, 1.82) is 0 Å². The fourth-order valence-electron chi connectivity index (χ4n) is 0.697. The third kappa shape index (κ3) is 3.03. The molecule has 1 aromatic rings. The van der Waals surface area contributed by atoms with Crippen LogP contribution >= 0.6 is 0 Å². The minimum atomic E-state index is 0.764. The van der Waals surface area contributed by atoms with Crippen LogP contribution in [-0.4, -0.2) is 4.98 Å². The molecule has 1 heterocycles. The van der Waals surface area contributed by atoms with Crippen molar-refractivity contribution in [2.24, 2.45) is 0 Å². The average Bonchev–Trinajstić information content (AvgIpc) is 2.02. The molecule has 2 N–H and O–H groups in total. The predicted molar refractivity (Wildman–Crippen MR) is 49.5 cm³/mol. The maximum Gasteiger partial charge on any atom is 0.0604 e. The average molecular weight is 152 g/mol. The molecule has 0 aliphatic rings. The van der Waals surface area contributed by atoms with Crippen molar-refractivity contribution in [3.05, 3.63) is 23.5 Å². The highest BCUT2D eigenvalue weighted by Gasteiger charge is 1.91. The first kappa shape index (κ1) is 9.95. The summed E-state index contributed by atoms with van der Waals surface area (Å²) in [4.78, 5) is 4.15. The van der Waals surface area contributed by atoms with Crippen LogP contribution in [0.2, 0.25) is 0 Å². The van der Waals surface area contributed by atoms with Gasteiger partial charge in [0.05, 0.1) is 11.4 Å². The zero-order valence-electron chi connectivity index (χ0n) is 7.68. The minimum Gasteiger partial charge on any atom is -0.397 e. The summed E-state index contributed by atoms with van der Waals surface area (Å²) >= 11 is 0. The molecule has 0 aliphatic carbocycles. The molecule has 1 rings (SSSR count). The van der Waals surface area contributed by atoms with Crippen LogP contribution in [0.3, 0.4) is 0 Å². The summed E-state index contributed by atoms with van der Waals surface area (Å²) in [7, 11) is 0. The number of aryl methyl sites for hydroxylation is 2. The van der Waals surface area contributed by atoms with E-state index in [0.29, 0.717) is 0 Å². The van der Waals surface area contributed by atoms with Crippen molar-refractivity contribution in [3.8, 4) is 0 Å². The third-order valence-electron chi connectivity index (χ3n) is 1.27. The second kappa shape index (κ2) is 4.72. The van der Waals surface area contributed by atoms with Crippen LogP contribution in [-0.2, 0) is 0 Å². The van der Waals surface area contributed by atoms with E-state index in [4.69, 9.17) is 5.73 Å². The molecule has 1 aromatic heterocycles. The Bertz CT molecular complexity index is 219. The topological polar surface area (TPSA) is 38.9 Å². The van der Waals surface area contributed by atoms with E-state index in [1.54, 1.807) is 0 Å². The quantitative estimate of drug-likeness (QED) is 0.619. The molecule has 0 amide bonds. The number of anilines is 1. The molecule has 0 spiro atoms. The van der Waals surface area contributed by atoms with E-state index in [2.05, 4.69) is 4.98 Å². The number of nitrogen functional groups attached to an aromatic ring is 1. The zero-order valence-corrected chi connectivity index (χ0v) is 7.68. The Morgan fingerprint density at radius 1 is 1.18 bits per heavy atom. The van der Waals surface area contributed by atoms with Crippen LogP contribution < -0.4 is 5.73 Å². The highest BCUT2D eigenvalue weighted by Crippen LogP contribution is 2.06. The van der Waals surface area contributed by atoms with Crippen LogP contribution in [0.1, 0.15) is 25.2 Å². The van der Waals surface area contributed by atoms with Crippen LogP contribution in [0, 0.1) is 13.8 Å². The van der Waals surface area contributed by atoms with Crippen LogP contribution in [0.25, 0.3) is 0 Å². The van der Waals surface area contributed by atoms with Gasteiger partial charge in [0.1, 0.15) is 0 Å². The van der Waals surface area contributed by atoms with Gasteiger partial charge < -0.3 is 5.73 Å². The van der Waals surface area contributed by atoms with Gasteiger partial charge in [-0.25, -0.2) is 0 Å². The van der Waals surface area contributed by atoms with E-state index in [9.17, 15) is 0 Å². The molecule has 0 saturated heterocycles. The number of hydrogen-bond donors (Lipinski definition) is 1. The van der Waals surface area contributed by atoms with Crippen molar-refractivity contribution >= 4 is 5.69 Å². The molecule has 0 aliphatic heterocycles. The molecule has 2 nitrogen and oxygen atoms in total. The van der Waals surface area contributed by atoms with Gasteiger partial charge in [-0.15, -0.1) is 0 Å². The highest BCUT2D eigenvalue weighted by atomic mass is 14.7. The number of nitrogens with two attached hydrogens (primary N) is 1. The number of hydrogen-bond acceptors (Lipinski definition) is 2. The number of rotatable bonds is 0. The first-order valence-corrected chi connectivity index (χ1v) is 3.90. The van der Waals surface area contributed by atoms with E-state index >= 15 is 0 Å². The van der Waals surface area contributed by atoms with Crippen molar-refractivity contribution in [1.82, 2.24) is 4.98 Å². The maximum absolute atomic E-state index is 5.53. The first-order valence-electron chi connectivity index (χ1n) is 3.90. The molecule has 0 radical (unpaired) electrons. The molecule has 62 valence electrons. The smallest absolute Gasteiger partial charge is 0.0604 e. The number of aromatic nitrogens is 1. The summed E-state index contributed by atoms with van der Waals surface area (Å²) in [6.45, 7) is 7.86. The van der Waals surface area contributed by atoms with Gasteiger partial charge in [0, 0.05) is 5.69 Å². The number of pyridine rings is 1. The fraction of sp³-hybridized carbons (Fsp3) is 0.444. The Labute approximate surface area is 68.5 Å². The molecular weight excluding hydrogens is 136 g/mol. The van der Waals surface area contributed by atoms with Gasteiger partial charge in [0.2, 0.25) is 0 Å². The van der Waals surface area contributed by atoms with Gasteiger partial charge in [-0.2, -0.15) is 0 Å². The van der Waals surface area contributed by atoms with Gasteiger partial charge in [0.15, 0.2) is 0 Å². The normalized spacial score (nSPS) is 8.36. The lowest BCUT2D eigenvalue weighted by atomic mass is 10.3. The lowest BCUT2D eigenvalue weighted by molar-refractivity contribution is 1.13. The minimum absolute atomic E-state index is 0.764. The van der Waals surface area contributed by atoms with Gasteiger partial charge in [0.25, 0.3) is 0 Å². The van der Waals surface area contributed by atoms with Crippen LogP contribution in [0.5, 0.6) is 0 Å². The Hall–Kier alpha value is -1.05. The van der Waals surface area contributed by atoms with E-state index in [0.717, 1.165) is 17.1 Å². The summed E-state index contributed by atoms with van der Waals surface area (Å²) in [5.74, 6) is 0. The molecular formula is C9H16N2. The summed E-state index contributed by atoms with van der Waals surface area (Å²) < 4.78 is 0. The molecule has 0 aromatic carbocycles. The fourth-order valence-corrected chi connectivity index (χ4v) is 0.697. The van der Waals surface area contributed by atoms with Gasteiger partial charge in [-0.3, -0.25) is 4.98 Å². The lowest BCUT2D eigenvalue weighted by Gasteiger charge is -1.97. The third-order valence-corrected chi connectivity index (χ3v) is 1.27. The standard InChI is InChI=1S/C7H10N2.C2H6/c1-5-3-4-7(8)6(2)9-5;1-2/h3-4H,8H2,1-2H3;1-2H3. The van der Waals surface area contributed by atoms with Crippen molar-refractivity contribution in [2.75, 3.05) is 5.73 Å². The second-order valence-electron chi connectivity index (χ2n) is 2.13. The molecule has 0 bridgehead atoms. The zero-order chi connectivity index (χ0) is 8.85. The SMILES string of the molecule is CC.Cc1ccc(N)c(C)n1. The molecule has 0 saturated carbocycles. The summed E-state index contributed by atoms with van der Waals surface area (Å²) in [5, 5.41) is 0. The summed E-state index contributed by atoms with van der Waals surface area (Å²) in [6, 6.07) is 3.78. The van der Waals surface area contributed by atoms with E-state index in [-0.39, 0.29) is 0 Å². The van der Waals surface area contributed by atoms with E-state index < -0.39 is 0 Å². The Kier molecular flexibility index (Phi) is 4.27. The van der Waals surface area contributed by atoms with Crippen LogP contribution in [0.15, 0.2) is 12.1 Å². The largest absolute Gasteiger partial charge is 0.397 e. The van der Waals surface area contributed by atoms with Crippen molar-refractivity contribution in [3.63, 3.8) is 0 Å². The van der Waals surface area contributed by atoms with Gasteiger partial charge >= 0.3 is 0 Å². The van der Waals surface area contributed by atoms with Crippen molar-refractivity contribution < 1.29 is 0 Å². The molecule has 0 fully saturated rings. The second-order valence-corrected chi connectivity index (χ2v) is 2.13. The molecule has 2 heteroatoms. The Morgan fingerprint density at radius 3 is 2.09 bits per heavy atom. The van der Waals surface area contributed by atoms with E-state index in [1.165, 1.54) is 0 Å². The molecule has 11 heavy (non-hydrogen) atoms. The summed E-state index contributed by atoms with van der Waals surface area (Å²) in [6.07, 6.45) is 0. The highest BCUT2D eigenvalue weighted by molar-refractivity contribution is 5.41. The maximum atomic E-state index is 5.53. The monoisotopic (exact) mass is 152 g/mol. The van der Waals surface area contributed by atoms with Crippen LogP contribution in [0.4, 0.5) is 5.69 Å². The lowest BCUT2D eigenvalue weighted by Crippen LogP contribution is -1.93. The first-order chi connectivity index (χ1) is 5.20. The molecule has 0 unspecified atom stereocenters.